The molecule has 1 nitrogen and oxygen atoms in total. The lowest BCUT2D eigenvalue weighted by atomic mass is 10.0. The maximum Gasteiger partial charge on any atom is 0.0561 e. The van der Waals surface area contributed by atoms with E-state index in [0.717, 1.165) is 11.6 Å². The number of piperidine rings is 1. The predicted octanol–water partition coefficient (Wildman–Crippen LogP) is 3.64. The van der Waals surface area contributed by atoms with Crippen molar-refractivity contribution in [3.8, 4) is 0 Å². The minimum Gasteiger partial charge on any atom is -0.309 e. The van der Waals surface area contributed by atoms with Crippen LogP contribution < -0.4 is 5.32 Å². The topological polar surface area (TPSA) is 12.0 Å². The van der Waals surface area contributed by atoms with E-state index in [-0.39, 0.29) is 12.4 Å². The molecule has 0 spiro atoms. The van der Waals surface area contributed by atoms with Crippen LogP contribution in [0.1, 0.15) is 30.2 Å². The third-order valence-corrected chi connectivity index (χ3v) is 3.74. The molecule has 0 aliphatic carbocycles. The fourth-order valence-electron chi connectivity index (χ4n) is 1.63. The molecule has 2 rings (SSSR count). The standard InChI is InChI=1S/C9H12ClNS.ClH/c10-7-4-6-12-9(7)8-3-1-2-5-11-8;/h4,6,8,11H,1-3,5H2;1H/t8-;/m1./s1. The van der Waals surface area contributed by atoms with Crippen LogP contribution in [0, 0.1) is 0 Å². The van der Waals surface area contributed by atoms with Gasteiger partial charge in [0, 0.05) is 10.9 Å². The summed E-state index contributed by atoms with van der Waals surface area (Å²) in [4.78, 5) is 1.32. The predicted molar refractivity (Wildman–Crippen MR) is 61.2 cm³/mol. The molecule has 0 radical (unpaired) electrons. The summed E-state index contributed by atoms with van der Waals surface area (Å²) in [5.41, 5.74) is 0. The van der Waals surface area contributed by atoms with Crippen molar-refractivity contribution >= 4 is 35.3 Å². The molecule has 2 heterocycles. The van der Waals surface area contributed by atoms with E-state index < -0.39 is 0 Å². The van der Waals surface area contributed by atoms with E-state index in [2.05, 4.69) is 10.7 Å². The molecule has 4 heteroatoms. The van der Waals surface area contributed by atoms with Crippen molar-refractivity contribution in [3.63, 3.8) is 0 Å². The summed E-state index contributed by atoms with van der Waals surface area (Å²) in [6.07, 6.45) is 3.87. The number of halogens is 2. The smallest absolute Gasteiger partial charge is 0.0561 e. The van der Waals surface area contributed by atoms with Gasteiger partial charge in [0.05, 0.1) is 5.02 Å². The number of thiophene rings is 1. The Bertz CT molecular complexity index is 256. The highest BCUT2D eigenvalue weighted by molar-refractivity contribution is 7.10. The van der Waals surface area contributed by atoms with Crippen LogP contribution in [-0.4, -0.2) is 6.54 Å². The van der Waals surface area contributed by atoms with Gasteiger partial charge in [-0.2, -0.15) is 0 Å². The Balaban J connectivity index is 0.000000845. The van der Waals surface area contributed by atoms with E-state index in [1.165, 1.54) is 24.1 Å². The Kier molecular flexibility index (Phi) is 4.53. The van der Waals surface area contributed by atoms with Crippen LogP contribution in [0.5, 0.6) is 0 Å². The van der Waals surface area contributed by atoms with E-state index in [4.69, 9.17) is 11.6 Å². The molecule has 74 valence electrons. The Morgan fingerprint density at radius 3 is 2.85 bits per heavy atom. The highest BCUT2D eigenvalue weighted by Gasteiger charge is 2.17. The SMILES string of the molecule is Cl.Clc1ccsc1[C@H]1CCCCN1. The van der Waals surface area contributed by atoms with E-state index in [9.17, 15) is 0 Å². The van der Waals surface area contributed by atoms with Crippen LogP contribution in [0.15, 0.2) is 11.4 Å². The summed E-state index contributed by atoms with van der Waals surface area (Å²) >= 11 is 7.81. The molecule has 0 aromatic carbocycles. The lowest BCUT2D eigenvalue weighted by Gasteiger charge is -2.22. The molecule has 1 aromatic rings. The zero-order valence-corrected chi connectivity index (χ0v) is 9.64. The third-order valence-electron chi connectivity index (χ3n) is 2.27. The highest BCUT2D eigenvalue weighted by atomic mass is 35.5. The largest absolute Gasteiger partial charge is 0.309 e. The fraction of sp³-hybridized carbons (Fsp3) is 0.556. The van der Waals surface area contributed by atoms with Gasteiger partial charge in [-0.3, -0.25) is 0 Å². The number of rotatable bonds is 1. The van der Waals surface area contributed by atoms with Gasteiger partial charge in [-0.15, -0.1) is 23.7 Å². The molecular weight excluding hydrogens is 225 g/mol. The van der Waals surface area contributed by atoms with Gasteiger partial charge in [0.15, 0.2) is 0 Å². The molecule has 1 atom stereocenters. The quantitative estimate of drug-likeness (QED) is 0.787. The minimum absolute atomic E-state index is 0. The molecule has 1 N–H and O–H groups in total. The van der Waals surface area contributed by atoms with Crippen LogP contribution in [0.25, 0.3) is 0 Å². The van der Waals surface area contributed by atoms with Crippen LogP contribution >= 0.6 is 35.3 Å². The van der Waals surface area contributed by atoms with Crippen molar-refractivity contribution in [3.05, 3.63) is 21.3 Å². The number of hydrogen-bond donors (Lipinski definition) is 1. The van der Waals surface area contributed by atoms with Crippen LogP contribution in [-0.2, 0) is 0 Å². The summed E-state index contributed by atoms with van der Waals surface area (Å²) in [5, 5.41) is 6.48. The Labute approximate surface area is 93.9 Å². The van der Waals surface area contributed by atoms with Crippen molar-refractivity contribution in [2.75, 3.05) is 6.54 Å². The van der Waals surface area contributed by atoms with Crippen molar-refractivity contribution in [1.82, 2.24) is 5.32 Å². The van der Waals surface area contributed by atoms with Crippen LogP contribution in [0.3, 0.4) is 0 Å². The molecule has 0 bridgehead atoms. The molecule has 0 saturated carbocycles. The number of nitrogens with one attached hydrogen (secondary N) is 1. The lowest BCUT2D eigenvalue weighted by molar-refractivity contribution is 0.417. The van der Waals surface area contributed by atoms with Crippen molar-refractivity contribution in [1.29, 1.82) is 0 Å². The zero-order chi connectivity index (χ0) is 8.39. The number of hydrogen-bond acceptors (Lipinski definition) is 2. The van der Waals surface area contributed by atoms with E-state index >= 15 is 0 Å². The van der Waals surface area contributed by atoms with Gasteiger partial charge in [-0.05, 0) is 30.8 Å². The van der Waals surface area contributed by atoms with Crippen molar-refractivity contribution in [2.24, 2.45) is 0 Å². The van der Waals surface area contributed by atoms with Crippen molar-refractivity contribution < 1.29 is 0 Å². The van der Waals surface area contributed by atoms with Gasteiger partial charge in [0.1, 0.15) is 0 Å². The summed E-state index contributed by atoms with van der Waals surface area (Å²) in [5.74, 6) is 0. The average Bonchev–Trinajstić information content (AvgIpc) is 2.53. The van der Waals surface area contributed by atoms with Crippen molar-refractivity contribution in [2.45, 2.75) is 25.3 Å². The van der Waals surface area contributed by atoms with E-state index in [1.54, 1.807) is 11.3 Å². The third kappa shape index (κ3) is 2.59. The molecule has 1 saturated heterocycles. The zero-order valence-electron chi connectivity index (χ0n) is 7.25. The Morgan fingerprint density at radius 2 is 2.31 bits per heavy atom. The van der Waals surface area contributed by atoms with E-state index in [0.29, 0.717) is 6.04 Å². The first-order valence-corrected chi connectivity index (χ1v) is 5.60. The molecule has 1 aliphatic heterocycles. The summed E-state index contributed by atoms with van der Waals surface area (Å²) < 4.78 is 0. The van der Waals surface area contributed by atoms with Gasteiger partial charge < -0.3 is 5.32 Å². The van der Waals surface area contributed by atoms with Gasteiger partial charge in [0.2, 0.25) is 0 Å². The van der Waals surface area contributed by atoms with E-state index in [1.807, 2.05) is 6.07 Å². The first-order valence-electron chi connectivity index (χ1n) is 4.34. The second-order valence-electron chi connectivity index (χ2n) is 3.14. The van der Waals surface area contributed by atoms with Gasteiger partial charge >= 0.3 is 0 Å². The van der Waals surface area contributed by atoms with Crippen LogP contribution in [0.2, 0.25) is 5.02 Å². The summed E-state index contributed by atoms with van der Waals surface area (Å²) in [6.45, 7) is 1.14. The molecule has 0 amide bonds. The fourth-order valence-corrected chi connectivity index (χ4v) is 2.93. The maximum absolute atomic E-state index is 6.04. The highest BCUT2D eigenvalue weighted by Crippen LogP contribution is 2.32. The second kappa shape index (κ2) is 5.20. The Morgan fingerprint density at radius 1 is 1.46 bits per heavy atom. The first-order chi connectivity index (χ1) is 5.88. The molecule has 1 aromatic heterocycles. The van der Waals surface area contributed by atoms with Gasteiger partial charge in [0.25, 0.3) is 0 Å². The summed E-state index contributed by atoms with van der Waals surface area (Å²) in [6, 6.07) is 2.50. The molecule has 0 unspecified atom stereocenters. The van der Waals surface area contributed by atoms with Crippen LogP contribution in [0.4, 0.5) is 0 Å². The van der Waals surface area contributed by atoms with Gasteiger partial charge in [-0.1, -0.05) is 18.0 Å². The maximum atomic E-state index is 6.04. The average molecular weight is 238 g/mol. The monoisotopic (exact) mass is 237 g/mol. The molecule has 1 fully saturated rings. The summed E-state index contributed by atoms with van der Waals surface area (Å²) in [7, 11) is 0. The molecular formula is C9H13Cl2NS. The second-order valence-corrected chi connectivity index (χ2v) is 4.49. The normalized spacial score (nSPS) is 22.4. The lowest BCUT2D eigenvalue weighted by Crippen LogP contribution is -2.26. The Hall–Kier alpha value is 0.240. The van der Waals surface area contributed by atoms with Gasteiger partial charge in [-0.25, -0.2) is 0 Å². The molecule has 1 aliphatic rings. The first kappa shape index (κ1) is 11.3. The molecule has 13 heavy (non-hydrogen) atoms. The minimum atomic E-state index is 0.